The lowest BCUT2D eigenvalue weighted by Crippen LogP contribution is -2.31. The summed E-state index contributed by atoms with van der Waals surface area (Å²) in [5.41, 5.74) is 0. The summed E-state index contributed by atoms with van der Waals surface area (Å²) >= 11 is 5.08. The Hall–Kier alpha value is -0.720. The van der Waals surface area contributed by atoms with Crippen molar-refractivity contribution in [3.63, 3.8) is 0 Å². The second-order valence-electron chi connectivity index (χ2n) is 4.76. The lowest BCUT2D eigenvalue weighted by Gasteiger charge is -2.16. The number of nitrogens with zero attached hydrogens (tertiary/aromatic N) is 2. The average molecular weight is 342 g/mol. The first-order chi connectivity index (χ1) is 9.28. The summed E-state index contributed by atoms with van der Waals surface area (Å²) in [4.78, 5) is 5.62. The van der Waals surface area contributed by atoms with Crippen LogP contribution in [-0.4, -0.2) is 22.7 Å². The number of rotatable bonds is 4. The third-order valence-corrected chi connectivity index (χ3v) is 5.15. The van der Waals surface area contributed by atoms with Crippen LogP contribution in [0.4, 0.5) is 0 Å². The van der Waals surface area contributed by atoms with E-state index < -0.39 is 0 Å². The van der Waals surface area contributed by atoms with E-state index in [1.54, 1.807) is 11.3 Å². The minimum Gasteiger partial charge on any atom is -0.339 e. The highest BCUT2D eigenvalue weighted by molar-refractivity contribution is 9.11. The molecule has 102 valence electrons. The van der Waals surface area contributed by atoms with Gasteiger partial charge in [-0.3, -0.25) is 0 Å². The molecule has 0 aromatic carbocycles. The van der Waals surface area contributed by atoms with Crippen molar-refractivity contribution in [3.8, 4) is 10.7 Å². The van der Waals surface area contributed by atoms with Gasteiger partial charge in [0.15, 0.2) is 0 Å². The largest absolute Gasteiger partial charge is 0.339 e. The SMILES string of the molecule is CCNC1CCCC1c1nc(-c2ccc(Br)s2)no1. The molecule has 1 fully saturated rings. The van der Waals surface area contributed by atoms with Gasteiger partial charge in [-0.1, -0.05) is 18.5 Å². The Morgan fingerprint density at radius 2 is 2.37 bits per heavy atom. The van der Waals surface area contributed by atoms with Gasteiger partial charge in [-0.15, -0.1) is 11.3 Å². The molecular formula is C13H16BrN3OS. The molecule has 0 radical (unpaired) electrons. The highest BCUT2D eigenvalue weighted by Gasteiger charge is 2.32. The van der Waals surface area contributed by atoms with Gasteiger partial charge in [0, 0.05) is 6.04 Å². The van der Waals surface area contributed by atoms with Crippen LogP contribution in [0.15, 0.2) is 20.4 Å². The second-order valence-corrected chi connectivity index (χ2v) is 7.22. The number of thiophene rings is 1. The van der Waals surface area contributed by atoms with Crippen molar-refractivity contribution in [2.45, 2.75) is 38.1 Å². The van der Waals surface area contributed by atoms with Gasteiger partial charge in [0.05, 0.1) is 14.6 Å². The van der Waals surface area contributed by atoms with E-state index in [9.17, 15) is 0 Å². The Balaban J connectivity index is 1.81. The first-order valence-electron chi connectivity index (χ1n) is 6.60. The molecule has 1 N–H and O–H groups in total. The molecule has 2 unspecified atom stereocenters. The Kier molecular flexibility index (Phi) is 4.00. The van der Waals surface area contributed by atoms with Gasteiger partial charge in [-0.2, -0.15) is 4.98 Å². The van der Waals surface area contributed by atoms with Crippen LogP contribution in [0.1, 0.15) is 38.0 Å². The zero-order chi connectivity index (χ0) is 13.2. The van der Waals surface area contributed by atoms with Crippen molar-refractivity contribution < 1.29 is 4.52 Å². The second kappa shape index (κ2) is 5.73. The van der Waals surface area contributed by atoms with Crippen LogP contribution in [0.5, 0.6) is 0 Å². The molecule has 0 saturated heterocycles. The maximum atomic E-state index is 5.48. The van der Waals surface area contributed by atoms with Crippen LogP contribution in [0.25, 0.3) is 10.7 Å². The molecule has 0 spiro atoms. The molecule has 2 atom stereocenters. The van der Waals surface area contributed by atoms with Crippen molar-refractivity contribution in [3.05, 3.63) is 21.8 Å². The molecule has 2 heterocycles. The zero-order valence-electron chi connectivity index (χ0n) is 10.7. The number of hydrogen-bond acceptors (Lipinski definition) is 5. The van der Waals surface area contributed by atoms with E-state index in [2.05, 4.69) is 38.3 Å². The van der Waals surface area contributed by atoms with Gasteiger partial charge in [-0.05, 0) is 47.4 Å². The van der Waals surface area contributed by atoms with Crippen LogP contribution in [0.3, 0.4) is 0 Å². The predicted molar refractivity (Wildman–Crippen MR) is 79.4 cm³/mol. The molecule has 0 amide bonds. The third kappa shape index (κ3) is 2.75. The first kappa shape index (κ1) is 13.3. The van der Waals surface area contributed by atoms with Crippen LogP contribution >= 0.6 is 27.3 Å². The fraction of sp³-hybridized carbons (Fsp3) is 0.538. The van der Waals surface area contributed by atoms with E-state index in [-0.39, 0.29) is 0 Å². The smallest absolute Gasteiger partial charge is 0.231 e. The molecule has 1 aliphatic rings. The van der Waals surface area contributed by atoms with Gasteiger partial charge < -0.3 is 9.84 Å². The minimum atomic E-state index is 0.365. The summed E-state index contributed by atoms with van der Waals surface area (Å²) in [6.07, 6.45) is 3.55. The Labute approximate surface area is 124 Å². The summed E-state index contributed by atoms with van der Waals surface area (Å²) in [5.74, 6) is 1.85. The van der Waals surface area contributed by atoms with Gasteiger partial charge in [0.25, 0.3) is 0 Å². The number of aromatic nitrogens is 2. The van der Waals surface area contributed by atoms with Crippen molar-refractivity contribution in [1.82, 2.24) is 15.5 Å². The van der Waals surface area contributed by atoms with Crippen molar-refractivity contribution in [1.29, 1.82) is 0 Å². The molecule has 6 heteroatoms. The molecule has 2 aromatic heterocycles. The van der Waals surface area contributed by atoms with Gasteiger partial charge in [0.2, 0.25) is 11.7 Å². The van der Waals surface area contributed by atoms with Crippen molar-refractivity contribution in [2.75, 3.05) is 6.54 Å². The Morgan fingerprint density at radius 1 is 1.47 bits per heavy atom. The molecule has 1 aliphatic carbocycles. The van der Waals surface area contributed by atoms with Crippen LogP contribution in [0.2, 0.25) is 0 Å². The molecule has 2 aromatic rings. The van der Waals surface area contributed by atoms with E-state index in [1.807, 2.05) is 12.1 Å². The number of halogens is 1. The predicted octanol–water partition coefficient (Wildman–Crippen LogP) is 3.81. The minimum absolute atomic E-state index is 0.365. The molecule has 3 rings (SSSR count). The highest BCUT2D eigenvalue weighted by Crippen LogP contribution is 2.35. The van der Waals surface area contributed by atoms with E-state index in [4.69, 9.17) is 4.52 Å². The lowest BCUT2D eigenvalue weighted by atomic mass is 10.0. The normalized spacial score (nSPS) is 23.1. The van der Waals surface area contributed by atoms with Gasteiger partial charge in [-0.25, -0.2) is 0 Å². The fourth-order valence-electron chi connectivity index (χ4n) is 2.68. The Bertz CT molecular complexity index is 554. The van der Waals surface area contributed by atoms with E-state index in [1.165, 1.54) is 12.8 Å². The molecule has 19 heavy (non-hydrogen) atoms. The molecule has 4 nitrogen and oxygen atoms in total. The number of nitrogens with one attached hydrogen (secondary N) is 1. The van der Waals surface area contributed by atoms with Crippen LogP contribution in [0, 0.1) is 0 Å². The van der Waals surface area contributed by atoms with Crippen LogP contribution in [-0.2, 0) is 0 Å². The summed E-state index contributed by atoms with van der Waals surface area (Å²) in [5, 5.41) is 7.63. The average Bonchev–Trinajstić information content (AvgIpc) is 3.07. The quantitative estimate of drug-likeness (QED) is 0.918. The van der Waals surface area contributed by atoms with E-state index in [0.717, 1.165) is 27.5 Å². The molecule has 0 bridgehead atoms. The van der Waals surface area contributed by atoms with Crippen LogP contribution < -0.4 is 5.32 Å². The third-order valence-electron chi connectivity index (χ3n) is 3.53. The van der Waals surface area contributed by atoms with E-state index >= 15 is 0 Å². The summed E-state index contributed by atoms with van der Waals surface area (Å²) in [7, 11) is 0. The number of hydrogen-bond donors (Lipinski definition) is 1. The topological polar surface area (TPSA) is 51.0 Å². The maximum absolute atomic E-state index is 5.48. The summed E-state index contributed by atoms with van der Waals surface area (Å²) in [6.45, 7) is 3.12. The number of likely N-dealkylation sites (N-methyl/N-ethyl adjacent to an activating group) is 1. The maximum Gasteiger partial charge on any atom is 0.231 e. The van der Waals surface area contributed by atoms with Crippen molar-refractivity contribution >= 4 is 27.3 Å². The van der Waals surface area contributed by atoms with Gasteiger partial charge in [0.1, 0.15) is 0 Å². The monoisotopic (exact) mass is 341 g/mol. The van der Waals surface area contributed by atoms with Crippen molar-refractivity contribution in [2.24, 2.45) is 0 Å². The summed E-state index contributed by atoms with van der Waals surface area (Å²) < 4.78 is 6.56. The summed E-state index contributed by atoms with van der Waals surface area (Å²) in [6, 6.07) is 4.50. The molecule has 1 saturated carbocycles. The highest BCUT2D eigenvalue weighted by atomic mass is 79.9. The Morgan fingerprint density at radius 3 is 3.11 bits per heavy atom. The molecule has 0 aliphatic heterocycles. The first-order valence-corrected chi connectivity index (χ1v) is 8.21. The fourth-order valence-corrected chi connectivity index (χ4v) is 3.99. The molecular weight excluding hydrogens is 326 g/mol. The zero-order valence-corrected chi connectivity index (χ0v) is 13.1. The van der Waals surface area contributed by atoms with Gasteiger partial charge >= 0.3 is 0 Å². The lowest BCUT2D eigenvalue weighted by molar-refractivity contribution is 0.332. The standard InChI is InChI=1S/C13H16BrN3OS/c1-2-15-9-5-3-4-8(9)13-16-12(17-18-13)10-6-7-11(14)19-10/h6-9,15H,2-5H2,1H3. The van der Waals surface area contributed by atoms with E-state index in [0.29, 0.717) is 17.8 Å².